The van der Waals surface area contributed by atoms with Crippen LogP contribution in [0.15, 0.2) is 36.6 Å². The van der Waals surface area contributed by atoms with Crippen molar-refractivity contribution < 1.29 is 9.47 Å². The maximum atomic E-state index is 5.29. The van der Waals surface area contributed by atoms with E-state index in [1.807, 2.05) is 6.08 Å². The Morgan fingerprint density at radius 3 is 2.25 bits per heavy atom. The van der Waals surface area contributed by atoms with Gasteiger partial charge < -0.3 is 14.4 Å². The van der Waals surface area contributed by atoms with Gasteiger partial charge in [-0.05, 0) is 13.0 Å². The maximum Gasteiger partial charge on any atom is 0.0984 e. The van der Waals surface area contributed by atoms with Gasteiger partial charge in [0.25, 0.3) is 0 Å². The highest BCUT2D eigenvalue weighted by Gasteiger charge is 2.30. The summed E-state index contributed by atoms with van der Waals surface area (Å²) in [5, 5.41) is 0. The first-order valence-electron chi connectivity index (χ1n) is 5.77. The zero-order valence-corrected chi connectivity index (χ0v) is 9.76. The van der Waals surface area contributed by atoms with Gasteiger partial charge >= 0.3 is 0 Å². The van der Waals surface area contributed by atoms with Crippen molar-refractivity contribution >= 4 is 0 Å². The SMILES string of the molecule is C=C/C=C\C(=C/C)N(CC1CO1)CC1CO1. The van der Waals surface area contributed by atoms with Crippen LogP contribution < -0.4 is 0 Å². The van der Waals surface area contributed by atoms with Crippen molar-refractivity contribution in [3.05, 3.63) is 36.6 Å². The van der Waals surface area contributed by atoms with E-state index in [2.05, 4.69) is 30.6 Å². The Hall–Kier alpha value is -1.06. The Morgan fingerprint density at radius 2 is 1.88 bits per heavy atom. The Balaban J connectivity index is 1.95. The van der Waals surface area contributed by atoms with E-state index < -0.39 is 0 Å². The summed E-state index contributed by atoms with van der Waals surface area (Å²) in [4.78, 5) is 2.33. The molecule has 16 heavy (non-hydrogen) atoms. The third-order valence-electron chi connectivity index (χ3n) is 2.72. The first kappa shape index (κ1) is 11.4. The normalized spacial score (nSPS) is 28.2. The van der Waals surface area contributed by atoms with Crippen LogP contribution >= 0.6 is 0 Å². The predicted molar refractivity (Wildman–Crippen MR) is 64.1 cm³/mol. The van der Waals surface area contributed by atoms with Crippen molar-refractivity contribution in [1.29, 1.82) is 0 Å². The molecule has 3 nitrogen and oxygen atoms in total. The average Bonchev–Trinajstić information content (AvgIpc) is 3.13. The minimum atomic E-state index is 0.408. The quantitative estimate of drug-likeness (QED) is 0.484. The number of allylic oxidation sites excluding steroid dienone is 4. The van der Waals surface area contributed by atoms with Crippen LogP contribution in [0.25, 0.3) is 0 Å². The molecule has 0 aromatic carbocycles. The molecule has 2 saturated heterocycles. The number of rotatable bonds is 7. The summed E-state index contributed by atoms with van der Waals surface area (Å²) in [7, 11) is 0. The molecule has 2 aliphatic heterocycles. The highest BCUT2D eigenvalue weighted by molar-refractivity contribution is 5.20. The lowest BCUT2D eigenvalue weighted by molar-refractivity contribution is 0.267. The first-order chi connectivity index (χ1) is 7.83. The number of nitrogens with zero attached hydrogens (tertiary/aromatic N) is 1. The predicted octanol–water partition coefficient (Wildman–Crippen LogP) is 1.73. The zero-order chi connectivity index (χ0) is 11.4. The largest absolute Gasteiger partial charge is 0.371 e. The van der Waals surface area contributed by atoms with Gasteiger partial charge in [-0.2, -0.15) is 0 Å². The molecule has 0 amide bonds. The Labute approximate surface area is 97.0 Å². The van der Waals surface area contributed by atoms with Gasteiger partial charge in [0.05, 0.1) is 25.4 Å². The molecule has 0 aliphatic carbocycles. The van der Waals surface area contributed by atoms with Crippen molar-refractivity contribution in [3.8, 4) is 0 Å². The van der Waals surface area contributed by atoms with Gasteiger partial charge in [-0.3, -0.25) is 0 Å². The molecule has 0 aromatic heterocycles. The fourth-order valence-corrected chi connectivity index (χ4v) is 1.67. The fourth-order valence-electron chi connectivity index (χ4n) is 1.67. The smallest absolute Gasteiger partial charge is 0.0984 e. The molecule has 88 valence electrons. The van der Waals surface area contributed by atoms with Crippen molar-refractivity contribution in [3.63, 3.8) is 0 Å². The number of ether oxygens (including phenoxy) is 2. The summed E-state index contributed by atoms with van der Waals surface area (Å²) in [5.41, 5.74) is 1.21. The number of hydrogen-bond donors (Lipinski definition) is 0. The molecule has 3 heteroatoms. The summed E-state index contributed by atoms with van der Waals surface area (Å²) >= 11 is 0. The number of epoxide rings is 2. The fraction of sp³-hybridized carbons (Fsp3) is 0.538. The molecule has 0 spiro atoms. The summed E-state index contributed by atoms with van der Waals surface area (Å²) in [6.45, 7) is 9.45. The Bertz CT molecular complexity index is 287. The van der Waals surface area contributed by atoms with Gasteiger partial charge in [0, 0.05) is 18.8 Å². The van der Waals surface area contributed by atoms with Crippen LogP contribution in [0.5, 0.6) is 0 Å². The van der Waals surface area contributed by atoms with Gasteiger partial charge in [-0.25, -0.2) is 0 Å². The topological polar surface area (TPSA) is 28.3 Å². The molecule has 2 heterocycles. The molecule has 0 N–H and O–H groups in total. The summed E-state index contributed by atoms with van der Waals surface area (Å²) < 4.78 is 10.6. The van der Waals surface area contributed by atoms with Gasteiger partial charge in [0.15, 0.2) is 0 Å². The van der Waals surface area contributed by atoms with Crippen LogP contribution in [-0.2, 0) is 9.47 Å². The summed E-state index contributed by atoms with van der Waals surface area (Å²) in [6.07, 6.45) is 8.77. The van der Waals surface area contributed by atoms with Crippen molar-refractivity contribution in [2.75, 3.05) is 26.3 Å². The minimum absolute atomic E-state index is 0.408. The third kappa shape index (κ3) is 3.51. The lowest BCUT2D eigenvalue weighted by Crippen LogP contribution is -2.30. The summed E-state index contributed by atoms with van der Waals surface area (Å²) in [5.74, 6) is 0. The third-order valence-corrected chi connectivity index (χ3v) is 2.72. The second kappa shape index (κ2) is 5.32. The van der Waals surface area contributed by atoms with Gasteiger partial charge in [-0.1, -0.05) is 24.8 Å². The van der Waals surface area contributed by atoms with Crippen molar-refractivity contribution in [2.24, 2.45) is 0 Å². The lowest BCUT2D eigenvalue weighted by atomic mass is 10.2. The Kier molecular flexibility index (Phi) is 3.80. The second-order valence-electron chi connectivity index (χ2n) is 4.12. The molecule has 0 saturated carbocycles. The van der Waals surface area contributed by atoms with Gasteiger partial charge in [0.1, 0.15) is 0 Å². The molecule has 0 radical (unpaired) electrons. The molecule has 0 aromatic rings. The molecule has 2 fully saturated rings. The molecular formula is C13H19NO2. The molecule has 2 unspecified atom stereocenters. The average molecular weight is 221 g/mol. The Morgan fingerprint density at radius 1 is 1.31 bits per heavy atom. The lowest BCUT2D eigenvalue weighted by Gasteiger charge is -2.24. The standard InChI is InChI=1S/C13H19NO2/c1-3-5-6-11(4-2)14(7-12-9-15-12)8-13-10-16-13/h3-6,12-13H,1,7-10H2,2H3/b6-5-,11-4+. The molecule has 2 rings (SSSR count). The number of hydrogen-bond acceptors (Lipinski definition) is 3. The maximum absolute atomic E-state index is 5.29. The van der Waals surface area contributed by atoms with E-state index in [0.717, 1.165) is 26.3 Å². The van der Waals surface area contributed by atoms with Crippen LogP contribution in [-0.4, -0.2) is 43.4 Å². The monoisotopic (exact) mass is 221 g/mol. The summed E-state index contributed by atoms with van der Waals surface area (Å²) in [6, 6.07) is 0. The van der Waals surface area contributed by atoms with Crippen LogP contribution in [0, 0.1) is 0 Å². The van der Waals surface area contributed by atoms with E-state index >= 15 is 0 Å². The van der Waals surface area contributed by atoms with E-state index in [0.29, 0.717) is 12.2 Å². The van der Waals surface area contributed by atoms with E-state index in [1.165, 1.54) is 5.70 Å². The van der Waals surface area contributed by atoms with Crippen LogP contribution in [0.2, 0.25) is 0 Å². The zero-order valence-electron chi connectivity index (χ0n) is 9.76. The van der Waals surface area contributed by atoms with Gasteiger partial charge in [-0.15, -0.1) is 0 Å². The van der Waals surface area contributed by atoms with Crippen LogP contribution in [0.3, 0.4) is 0 Å². The van der Waals surface area contributed by atoms with E-state index in [-0.39, 0.29) is 0 Å². The highest BCUT2D eigenvalue weighted by Crippen LogP contribution is 2.19. The molecule has 2 atom stereocenters. The van der Waals surface area contributed by atoms with Crippen molar-refractivity contribution in [1.82, 2.24) is 4.90 Å². The first-order valence-corrected chi connectivity index (χ1v) is 5.77. The van der Waals surface area contributed by atoms with Gasteiger partial charge in [0.2, 0.25) is 0 Å². The van der Waals surface area contributed by atoms with Crippen LogP contribution in [0.1, 0.15) is 6.92 Å². The van der Waals surface area contributed by atoms with Crippen LogP contribution in [0.4, 0.5) is 0 Å². The second-order valence-corrected chi connectivity index (χ2v) is 4.12. The van der Waals surface area contributed by atoms with E-state index in [4.69, 9.17) is 9.47 Å². The molecule has 2 aliphatic rings. The minimum Gasteiger partial charge on any atom is -0.371 e. The molecule has 0 bridgehead atoms. The van der Waals surface area contributed by atoms with Crippen molar-refractivity contribution in [2.45, 2.75) is 19.1 Å². The van der Waals surface area contributed by atoms with E-state index in [1.54, 1.807) is 6.08 Å². The van der Waals surface area contributed by atoms with E-state index in [9.17, 15) is 0 Å². The highest BCUT2D eigenvalue weighted by atomic mass is 16.6. The molecular weight excluding hydrogens is 202 g/mol.